The highest BCUT2D eigenvalue weighted by atomic mass is 16.5. The van der Waals surface area contributed by atoms with Gasteiger partial charge in [-0.3, -0.25) is 14.6 Å². The molecule has 4 rings (SSSR count). The Bertz CT molecular complexity index is 1220. The number of aromatic nitrogens is 1. The molecule has 3 aromatic rings. The Morgan fingerprint density at radius 1 is 1.00 bits per heavy atom. The summed E-state index contributed by atoms with van der Waals surface area (Å²) in [6.07, 6.45) is 3.08. The number of pyridine rings is 1. The van der Waals surface area contributed by atoms with Gasteiger partial charge in [-0.05, 0) is 47.9 Å². The number of carbonyl (C=O) groups excluding carboxylic acids is 2. The lowest BCUT2D eigenvalue weighted by molar-refractivity contribution is -0.124. The minimum absolute atomic E-state index is 0.103. The van der Waals surface area contributed by atoms with E-state index in [1.54, 1.807) is 38.5 Å². The molecular formula is C29H33N3O5. The van der Waals surface area contributed by atoms with Crippen molar-refractivity contribution in [3.8, 4) is 17.2 Å². The highest BCUT2D eigenvalue weighted by Gasteiger charge is 2.44. The van der Waals surface area contributed by atoms with Crippen LogP contribution in [0.5, 0.6) is 17.2 Å². The topological polar surface area (TPSA) is 90.0 Å². The maximum absolute atomic E-state index is 13.9. The SMILES string of the molecule is CCCN1C(=O)c2ccccc2C(C(=O)NCCc2ccccn2)C1c1cc(OC)c(OC)c(OC)c1. The van der Waals surface area contributed by atoms with Crippen LogP contribution in [0.1, 0.15) is 52.5 Å². The van der Waals surface area contributed by atoms with Crippen LogP contribution in [0.2, 0.25) is 0 Å². The average Bonchev–Trinajstić information content (AvgIpc) is 2.94. The molecule has 1 aromatic heterocycles. The van der Waals surface area contributed by atoms with Crippen molar-refractivity contribution in [2.45, 2.75) is 31.7 Å². The van der Waals surface area contributed by atoms with Gasteiger partial charge in [0, 0.05) is 37.0 Å². The van der Waals surface area contributed by atoms with Crippen molar-refractivity contribution in [2.24, 2.45) is 0 Å². The van der Waals surface area contributed by atoms with Gasteiger partial charge in [-0.15, -0.1) is 0 Å². The number of carbonyl (C=O) groups is 2. The van der Waals surface area contributed by atoms with Crippen LogP contribution in [-0.2, 0) is 11.2 Å². The van der Waals surface area contributed by atoms with Crippen molar-refractivity contribution in [2.75, 3.05) is 34.4 Å². The molecule has 0 spiro atoms. The molecular weight excluding hydrogens is 470 g/mol. The Balaban J connectivity index is 1.79. The first kappa shape index (κ1) is 26.0. The van der Waals surface area contributed by atoms with Crippen LogP contribution in [0, 0.1) is 0 Å². The largest absolute Gasteiger partial charge is 0.493 e. The Morgan fingerprint density at radius 3 is 2.32 bits per heavy atom. The second-order valence-electron chi connectivity index (χ2n) is 8.83. The molecule has 2 amide bonds. The van der Waals surface area contributed by atoms with Crippen LogP contribution in [-0.4, -0.2) is 56.1 Å². The van der Waals surface area contributed by atoms with Gasteiger partial charge in [0.2, 0.25) is 11.7 Å². The van der Waals surface area contributed by atoms with Crippen molar-refractivity contribution in [3.63, 3.8) is 0 Å². The highest BCUT2D eigenvalue weighted by Crippen LogP contribution is 2.47. The smallest absolute Gasteiger partial charge is 0.254 e. The Morgan fingerprint density at radius 2 is 1.70 bits per heavy atom. The van der Waals surface area contributed by atoms with E-state index in [-0.39, 0.29) is 11.8 Å². The Hall–Kier alpha value is -4.07. The third kappa shape index (κ3) is 5.23. The fourth-order valence-electron chi connectivity index (χ4n) is 4.97. The number of benzene rings is 2. The lowest BCUT2D eigenvalue weighted by atomic mass is 9.79. The van der Waals surface area contributed by atoms with Gasteiger partial charge in [0.05, 0.1) is 33.3 Å². The number of methoxy groups -OCH3 is 3. The molecule has 0 fully saturated rings. The summed E-state index contributed by atoms with van der Waals surface area (Å²) in [5.74, 6) is 0.494. The van der Waals surface area contributed by atoms with E-state index in [1.807, 2.05) is 55.5 Å². The zero-order chi connectivity index (χ0) is 26.4. The second kappa shape index (κ2) is 11.8. The monoisotopic (exact) mass is 503 g/mol. The van der Waals surface area contributed by atoms with Gasteiger partial charge < -0.3 is 24.4 Å². The predicted octanol–water partition coefficient (Wildman–Crippen LogP) is 4.16. The summed E-state index contributed by atoms with van der Waals surface area (Å²) < 4.78 is 16.7. The lowest BCUT2D eigenvalue weighted by Gasteiger charge is -2.42. The van der Waals surface area contributed by atoms with Crippen molar-refractivity contribution < 1.29 is 23.8 Å². The van der Waals surface area contributed by atoms with Crippen LogP contribution in [0.4, 0.5) is 0 Å². The Kier molecular flexibility index (Phi) is 8.28. The van der Waals surface area contributed by atoms with Gasteiger partial charge in [0.1, 0.15) is 0 Å². The molecule has 0 bridgehead atoms. The number of hydrogen-bond donors (Lipinski definition) is 1. The van der Waals surface area contributed by atoms with E-state index in [9.17, 15) is 9.59 Å². The third-order valence-corrected chi connectivity index (χ3v) is 6.62. The first-order valence-corrected chi connectivity index (χ1v) is 12.4. The molecule has 37 heavy (non-hydrogen) atoms. The molecule has 0 saturated carbocycles. The molecule has 0 radical (unpaired) electrons. The van der Waals surface area contributed by atoms with Crippen molar-refractivity contribution >= 4 is 11.8 Å². The van der Waals surface area contributed by atoms with E-state index in [4.69, 9.17) is 14.2 Å². The maximum Gasteiger partial charge on any atom is 0.254 e. The highest BCUT2D eigenvalue weighted by molar-refractivity contribution is 6.01. The van der Waals surface area contributed by atoms with Gasteiger partial charge in [0.15, 0.2) is 11.5 Å². The molecule has 0 aliphatic carbocycles. The van der Waals surface area contributed by atoms with E-state index in [2.05, 4.69) is 10.3 Å². The standard InChI is InChI=1S/C29H33N3O5/c1-5-16-32-26(19-17-23(35-2)27(37-4)24(18-19)36-3)25(21-11-6-7-12-22(21)29(32)34)28(33)31-15-13-20-10-8-9-14-30-20/h6-12,14,17-18,25-26H,5,13,15-16H2,1-4H3,(H,31,33). The normalized spacial score (nSPS) is 16.6. The van der Waals surface area contributed by atoms with E-state index in [0.717, 1.165) is 17.7 Å². The number of nitrogens with zero attached hydrogens (tertiary/aromatic N) is 2. The molecule has 8 heteroatoms. The molecule has 1 N–H and O–H groups in total. The summed E-state index contributed by atoms with van der Waals surface area (Å²) in [4.78, 5) is 33.7. The van der Waals surface area contributed by atoms with Crippen molar-refractivity contribution in [1.82, 2.24) is 15.2 Å². The lowest BCUT2D eigenvalue weighted by Crippen LogP contribution is -2.48. The van der Waals surface area contributed by atoms with Gasteiger partial charge in [0.25, 0.3) is 5.91 Å². The first-order chi connectivity index (χ1) is 18.0. The molecule has 1 aliphatic heterocycles. The molecule has 2 aromatic carbocycles. The fraction of sp³-hybridized carbons (Fsp3) is 0.345. The molecule has 1 aliphatic rings. The average molecular weight is 504 g/mol. The number of ether oxygens (including phenoxy) is 3. The number of rotatable bonds is 10. The van der Waals surface area contributed by atoms with Gasteiger partial charge >= 0.3 is 0 Å². The minimum Gasteiger partial charge on any atom is -0.493 e. The van der Waals surface area contributed by atoms with Crippen LogP contribution in [0.3, 0.4) is 0 Å². The summed E-state index contributed by atoms with van der Waals surface area (Å²) in [6, 6.07) is 16.2. The quantitative estimate of drug-likeness (QED) is 0.447. The predicted molar refractivity (Wildman–Crippen MR) is 140 cm³/mol. The molecule has 0 saturated heterocycles. The van der Waals surface area contributed by atoms with Crippen LogP contribution < -0.4 is 19.5 Å². The zero-order valence-electron chi connectivity index (χ0n) is 21.7. The molecule has 2 unspecified atom stereocenters. The first-order valence-electron chi connectivity index (χ1n) is 12.4. The van der Waals surface area contributed by atoms with Gasteiger partial charge in [-0.25, -0.2) is 0 Å². The summed E-state index contributed by atoms with van der Waals surface area (Å²) in [5, 5.41) is 3.09. The summed E-state index contributed by atoms with van der Waals surface area (Å²) >= 11 is 0. The van der Waals surface area contributed by atoms with Crippen molar-refractivity contribution in [1.29, 1.82) is 0 Å². The van der Waals surface area contributed by atoms with E-state index in [1.165, 1.54) is 0 Å². The number of fused-ring (bicyclic) bond motifs is 1. The molecule has 194 valence electrons. The van der Waals surface area contributed by atoms with Crippen LogP contribution in [0.15, 0.2) is 60.8 Å². The maximum atomic E-state index is 13.9. The fourth-order valence-corrected chi connectivity index (χ4v) is 4.97. The summed E-state index contributed by atoms with van der Waals surface area (Å²) in [6.45, 7) is 2.94. The molecule has 2 heterocycles. The third-order valence-electron chi connectivity index (χ3n) is 6.62. The van der Waals surface area contributed by atoms with Gasteiger partial charge in [-0.2, -0.15) is 0 Å². The van der Waals surface area contributed by atoms with E-state index < -0.39 is 12.0 Å². The molecule has 8 nitrogen and oxygen atoms in total. The number of hydrogen-bond acceptors (Lipinski definition) is 6. The molecule has 2 atom stereocenters. The summed E-state index contributed by atoms with van der Waals surface area (Å²) in [5.41, 5.74) is 2.88. The Labute approximate surface area is 217 Å². The summed E-state index contributed by atoms with van der Waals surface area (Å²) in [7, 11) is 4.64. The van der Waals surface area contributed by atoms with Crippen LogP contribution >= 0.6 is 0 Å². The zero-order valence-corrected chi connectivity index (χ0v) is 21.7. The van der Waals surface area contributed by atoms with Crippen molar-refractivity contribution in [3.05, 3.63) is 83.2 Å². The second-order valence-corrected chi connectivity index (χ2v) is 8.83. The van der Waals surface area contributed by atoms with Gasteiger partial charge in [-0.1, -0.05) is 31.2 Å². The van der Waals surface area contributed by atoms with Crippen LogP contribution in [0.25, 0.3) is 0 Å². The number of amides is 2. The van der Waals surface area contributed by atoms with E-state index >= 15 is 0 Å². The minimum atomic E-state index is -0.632. The van der Waals surface area contributed by atoms with E-state index in [0.29, 0.717) is 47.9 Å². The number of nitrogens with one attached hydrogen (secondary N) is 1.